The molecular weight excluding hydrogens is 451 g/mol. The molecule has 1 heterocycles. The van der Waals surface area contributed by atoms with Gasteiger partial charge in [-0.05, 0) is 35.2 Å². The van der Waals surface area contributed by atoms with Crippen molar-refractivity contribution in [3.05, 3.63) is 65.2 Å². The highest BCUT2D eigenvalue weighted by molar-refractivity contribution is 14.0. The summed E-state index contributed by atoms with van der Waals surface area (Å²) in [6.07, 6.45) is 1.00. The van der Waals surface area contributed by atoms with Crippen LogP contribution >= 0.6 is 24.0 Å². The van der Waals surface area contributed by atoms with E-state index in [0.29, 0.717) is 12.5 Å². The van der Waals surface area contributed by atoms with E-state index in [9.17, 15) is 0 Å². The molecule has 5 nitrogen and oxygen atoms in total. The van der Waals surface area contributed by atoms with Gasteiger partial charge in [0.05, 0.1) is 19.8 Å². The molecule has 2 aromatic rings. The van der Waals surface area contributed by atoms with E-state index >= 15 is 0 Å². The number of ether oxygens (including phenoxy) is 1. The van der Waals surface area contributed by atoms with E-state index in [2.05, 4.69) is 58.5 Å². The smallest absolute Gasteiger partial charge is 0.193 e. The average molecular weight is 480 g/mol. The molecule has 2 aromatic carbocycles. The second-order valence-electron chi connectivity index (χ2n) is 6.54. The Morgan fingerprint density at radius 1 is 1.11 bits per heavy atom. The van der Waals surface area contributed by atoms with E-state index < -0.39 is 0 Å². The zero-order valence-corrected chi connectivity index (χ0v) is 18.2. The summed E-state index contributed by atoms with van der Waals surface area (Å²) < 4.78 is 5.43. The molecule has 146 valence electrons. The number of nitrogens with zero attached hydrogens (tertiary/aromatic N) is 2. The third kappa shape index (κ3) is 6.79. The van der Waals surface area contributed by atoms with Crippen molar-refractivity contribution >= 4 is 35.6 Å². The Morgan fingerprint density at radius 3 is 2.59 bits per heavy atom. The largest absolute Gasteiger partial charge is 0.379 e. The lowest BCUT2D eigenvalue weighted by Crippen LogP contribution is -2.35. The minimum Gasteiger partial charge on any atom is -0.379 e. The van der Waals surface area contributed by atoms with Crippen LogP contribution in [0, 0.1) is 0 Å². The highest BCUT2D eigenvalue weighted by Crippen LogP contribution is 2.15. The van der Waals surface area contributed by atoms with Crippen molar-refractivity contribution in [2.75, 3.05) is 31.6 Å². The summed E-state index contributed by atoms with van der Waals surface area (Å²) in [5.41, 5.74) is 10.9. The van der Waals surface area contributed by atoms with E-state index in [-0.39, 0.29) is 24.0 Å². The van der Waals surface area contributed by atoms with E-state index in [1.54, 1.807) is 0 Å². The lowest BCUT2D eigenvalue weighted by Gasteiger charge is -2.27. The van der Waals surface area contributed by atoms with Gasteiger partial charge in [-0.2, -0.15) is 0 Å². The van der Waals surface area contributed by atoms with Crippen molar-refractivity contribution in [2.45, 2.75) is 26.4 Å². The standard InChI is InChI=1S/C21H28N4O.HI/c1-2-17-6-5-9-20(14-17)24-21(22)23-15-18-7-3-4-8-19(18)16-25-10-12-26-13-11-25;/h3-9,14H,2,10-13,15-16H2,1H3,(H3,22,23,24);1H. The molecule has 27 heavy (non-hydrogen) atoms. The number of guanidine groups is 1. The molecule has 0 aliphatic carbocycles. The minimum atomic E-state index is 0. The van der Waals surface area contributed by atoms with Crippen molar-refractivity contribution < 1.29 is 4.74 Å². The first-order chi connectivity index (χ1) is 12.7. The predicted molar refractivity (Wildman–Crippen MR) is 123 cm³/mol. The number of hydrogen-bond donors (Lipinski definition) is 2. The normalized spacial score (nSPS) is 15.2. The number of nitrogens with one attached hydrogen (secondary N) is 1. The fraction of sp³-hybridized carbons (Fsp3) is 0.381. The summed E-state index contributed by atoms with van der Waals surface area (Å²) in [6, 6.07) is 16.7. The Bertz CT molecular complexity index is 744. The van der Waals surface area contributed by atoms with Gasteiger partial charge in [0.25, 0.3) is 0 Å². The lowest BCUT2D eigenvalue weighted by molar-refractivity contribution is 0.0341. The molecule has 0 atom stereocenters. The van der Waals surface area contributed by atoms with Crippen molar-refractivity contribution in [2.24, 2.45) is 10.7 Å². The summed E-state index contributed by atoms with van der Waals surface area (Å²) >= 11 is 0. The van der Waals surface area contributed by atoms with Gasteiger partial charge in [-0.25, -0.2) is 4.99 Å². The molecule has 0 aromatic heterocycles. The second kappa shape index (κ2) is 11.3. The molecule has 1 aliphatic rings. The minimum absolute atomic E-state index is 0. The molecule has 0 amide bonds. The van der Waals surface area contributed by atoms with Crippen molar-refractivity contribution in [1.29, 1.82) is 0 Å². The maximum Gasteiger partial charge on any atom is 0.193 e. The number of aryl methyl sites for hydroxylation is 1. The molecule has 0 unspecified atom stereocenters. The monoisotopic (exact) mass is 480 g/mol. The highest BCUT2D eigenvalue weighted by Gasteiger charge is 2.12. The molecule has 0 bridgehead atoms. The molecule has 0 spiro atoms. The van der Waals surface area contributed by atoms with Crippen molar-refractivity contribution in [3.63, 3.8) is 0 Å². The molecule has 3 N–H and O–H groups in total. The average Bonchev–Trinajstić information content (AvgIpc) is 2.68. The summed E-state index contributed by atoms with van der Waals surface area (Å²) in [7, 11) is 0. The molecule has 0 saturated carbocycles. The molecule has 6 heteroatoms. The van der Waals surface area contributed by atoms with E-state index in [1.807, 2.05) is 12.1 Å². The number of aliphatic imine (C=N–C) groups is 1. The van der Waals surface area contributed by atoms with Gasteiger partial charge >= 0.3 is 0 Å². The Hall–Kier alpha value is -1.64. The van der Waals surface area contributed by atoms with Crippen LogP contribution < -0.4 is 11.1 Å². The second-order valence-corrected chi connectivity index (χ2v) is 6.54. The summed E-state index contributed by atoms with van der Waals surface area (Å²) in [5, 5.41) is 3.19. The summed E-state index contributed by atoms with van der Waals surface area (Å²) in [4.78, 5) is 6.96. The first-order valence-corrected chi connectivity index (χ1v) is 9.27. The van der Waals surface area contributed by atoms with Crippen LogP contribution in [0.15, 0.2) is 53.5 Å². The summed E-state index contributed by atoms with van der Waals surface area (Å²) in [5.74, 6) is 0.444. The molecule has 1 fully saturated rings. The number of halogens is 1. The van der Waals surface area contributed by atoms with Gasteiger partial charge in [0.1, 0.15) is 0 Å². The number of hydrogen-bond acceptors (Lipinski definition) is 3. The Labute approximate surface area is 179 Å². The highest BCUT2D eigenvalue weighted by atomic mass is 127. The number of anilines is 1. The van der Waals surface area contributed by atoms with Gasteiger partial charge in [-0.1, -0.05) is 43.3 Å². The fourth-order valence-electron chi connectivity index (χ4n) is 3.09. The van der Waals surface area contributed by atoms with Crippen LogP contribution in [0.4, 0.5) is 5.69 Å². The van der Waals surface area contributed by atoms with Crippen LogP contribution in [0.2, 0.25) is 0 Å². The fourth-order valence-corrected chi connectivity index (χ4v) is 3.09. The predicted octanol–water partition coefficient (Wildman–Crippen LogP) is 3.63. The topological polar surface area (TPSA) is 62.9 Å². The molecular formula is C21H29IN4O. The lowest BCUT2D eigenvalue weighted by atomic mass is 10.1. The summed E-state index contributed by atoms with van der Waals surface area (Å²) in [6.45, 7) is 7.24. The first-order valence-electron chi connectivity index (χ1n) is 9.27. The zero-order valence-electron chi connectivity index (χ0n) is 15.9. The third-order valence-electron chi connectivity index (χ3n) is 4.64. The maximum atomic E-state index is 6.09. The van der Waals surface area contributed by atoms with Crippen LogP contribution in [-0.4, -0.2) is 37.2 Å². The van der Waals surface area contributed by atoms with Gasteiger partial charge < -0.3 is 15.8 Å². The number of rotatable bonds is 6. The van der Waals surface area contributed by atoms with E-state index in [1.165, 1.54) is 16.7 Å². The Kier molecular flexibility index (Phi) is 9.03. The van der Waals surface area contributed by atoms with Crippen LogP contribution in [0.25, 0.3) is 0 Å². The van der Waals surface area contributed by atoms with Crippen molar-refractivity contribution in [3.8, 4) is 0 Å². The van der Waals surface area contributed by atoms with E-state index in [0.717, 1.165) is 45.0 Å². The molecule has 0 radical (unpaired) electrons. The number of nitrogens with two attached hydrogens (primary N) is 1. The van der Waals surface area contributed by atoms with Gasteiger partial charge in [0, 0.05) is 25.3 Å². The van der Waals surface area contributed by atoms with Gasteiger partial charge in [-0.15, -0.1) is 24.0 Å². The van der Waals surface area contributed by atoms with Crippen LogP contribution in [-0.2, 0) is 24.2 Å². The number of benzene rings is 2. The van der Waals surface area contributed by atoms with E-state index in [4.69, 9.17) is 10.5 Å². The molecule has 1 saturated heterocycles. The van der Waals surface area contributed by atoms with Gasteiger partial charge in [0.15, 0.2) is 5.96 Å². The molecule has 1 aliphatic heterocycles. The Balaban J connectivity index is 0.00000261. The Morgan fingerprint density at radius 2 is 1.85 bits per heavy atom. The van der Waals surface area contributed by atoms with Gasteiger partial charge in [-0.3, -0.25) is 4.90 Å². The first kappa shape index (κ1) is 21.7. The van der Waals surface area contributed by atoms with Gasteiger partial charge in [0.2, 0.25) is 0 Å². The quantitative estimate of drug-likeness (QED) is 0.377. The van der Waals surface area contributed by atoms with Crippen molar-refractivity contribution in [1.82, 2.24) is 4.90 Å². The zero-order chi connectivity index (χ0) is 18.2. The van der Waals surface area contributed by atoms with Crippen LogP contribution in [0.1, 0.15) is 23.6 Å². The van der Waals surface area contributed by atoms with Crippen LogP contribution in [0.5, 0.6) is 0 Å². The number of morpholine rings is 1. The third-order valence-corrected chi connectivity index (χ3v) is 4.64. The van der Waals surface area contributed by atoms with Crippen LogP contribution in [0.3, 0.4) is 0 Å². The molecule has 3 rings (SSSR count). The SMILES string of the molecule is CCc1cccc(NC(N)=NCc2ccccc2CN2CCOCC2)c1.I. The maximum absolute atomic E-state index is 6.09.